The predicted octanol–water partition coefficient (Wildman–Crippen LogP) is 3.90. The van der Waals surface area contributed by atoms with Crippen LogP contribution in [0.1, 0.15) is 29.2 Å². The number of methoxy groups -OCH3 is 1. The Balaban J connectivity index is 1.82. The highest BCUT2D eigenvalue weighted by molar-refractivity contribution is 7.80. The first kappa shape index (κ1) is 16.6. The quantitative estimate of drug-likeness (QED) is 0.688. The summed E-state index contributed by atoms with van der Waals surface area (Å²) in [6.45, 7) is 2.05. The molecule has 0 spiro atoms. The van der Waals surface area contributed by atoms with Crippen molar-refractivity contribution in [1.29, 1.82) is 0 Å². The molecule has 0 bridgehead atoms. The van der Waals surface area contributed by atoms with Gasteiger partial charge in [-0.2, -0.15) is 0 Å². The van der Waals surface area contributed by atoms with Gasteiger partial charge in [0.15, 0.2) is 5.11 Å². The highest BCUT2D eigenvalue weighted by atomic mass is 32.1. The number of hydrogen-bond donors (Lipinski definition) is 2. The van der Waals surface area contributed by atoms with Gasteiger partial charge in [0.1, 0.15) is 11.8 Å². The summed E-state index contributed by atoms with van der Waals surface area (Å²) in [5, 5.41) is 4.12. The van der Waals surface area contributed by atoms with Crippen molar-refractivity contribution in [2.24, 2.45) is 0 Å². The predicted molar refractivity (Wildman–Crippen MR) is 106 cm³/mol. The third kappa shape index (κ3) is 2.93. The Labute approximate surface area is 158 Å². The third-order valence-electron chi connectivity index (χ3n) is 4.60. The summed E-state index contributed by atoms with van der Waals surface area (Å²) in [6, 6.07) is 18.0. The molecule has 1 fully saturated rings. The van der Waals surface area contributed by atoms with Gasteiger partial charge in [0.05, 0.1) is 18.8 Å². The Morgan fingerprint density at radius 2 is 2.00 bits per heavy atom. The minimum Gasteiger partial charge on any atom is -0.497 e. The summed E-state index contributed by atoms with van der Waals surface area (Å²) in [5.74, 6) is 0.799. The van der Waals surface area contributed by atoms with Crippen molar-refractivity contribution in [3.05, 3.63) is 77.9 Å². The molecule has 3 heterocycles. The number of rotatable bonds is 4. The van der Waals surface area contributed by atoms with E-state index >= 15 is 0 Å². The minimum atomic E-state index is -0.0482. The van der Waals surface area contributed by atoms with Crippen LogP contribution in [0.2, 0.25) is 0 Å². The molecule has 2 aromatic heterocycles. The molecule has 26 heavy (non-hydrogen) atoms. The van der Waals surface area contributed by atoms with Gasteiger partial charge >= 0.3 is 0 Å². The maximum absolute atomic E-state index is 5.70. The normalized spacial score (nSPS) is 19.5. The van der Waals surface area contributed by atoms with E-state index in [0.29, 0.717) is 5.11 Å². The number of H-pyrrole nitrogens is 1. The average Bonchev–Trinajstić information content (AvgIpc) is 3.25. The van der Waals surface area contributed by atoms with Gasteiger partial charge in [-0.25, -0.2) is 0 Å². The second-order valence-electron chi connectivity index (χ2n) is 6.29. The number of aryl methyl sites for hydroxylation is 1. The summed E-state index contributed by atoms with van der Waals surface area (Å²) in [7, 11) is 1.67. The van der Waals surface area contributed by atoms with Crippen LogP contribution in [0.3, 0.4) is 0 Å². The molecule has 3 aromatic rings. The zero-order valence-electron chi connectivity index (χ0n) is 14.6. The summed E-state index contributed by atoms with van der Waals surface area (Å²) in [5.41, 5.74) is 4.14. The molecule has 132 valence electrons. The van der Waals surface area contributed by atoms with Crippen LogP contribution in [0.25, 0.3) is 0 Å². The Kier molecular flexibility index (Phi) is 4.34. The smallest absolute Gasteiger partial charge is 0.174 e. The molecule has 1 aliphatic rings. The number of anilines is 1. The fourth-order valence-electron chi connectivity index (χ4n) is 3.41. The lowest BCUT2D eigenvalue weighted by atomic mass is 10.0. The topological polar surface area (TPSA) is 53.2 Å². The van der Waals surface area contributed by atoms with Crippen LogP contribution in [-0.2, 0) is 0 Å². The molecule has 5 nitrogen and oxygen atoms in total. The van der Waals surface area contributed by atoms with Gasteiger partial charge in [-0.1, -0.05) is 12.1 Å². The van der Waals surface area contributed by atoms with E-state index in [9.17, 15) is 0 Å². The van der Waals surface area contributed by atoms with Gasteiger partial charge < -0.3 is 19.9 Å². The molecule has 0 radical (unpaired) electrons. The molecular weight excluding hydrogens is 344 g/mol. The molecule has 1 saturated heterocycles. The van der Waals surface area contributed by atoms with E-state index in [0.717, 1.165) is 28.5 Å². The number of nitrogens with one attached hydrogen (secondary N) is 2. The van der Waals surface area contributed by atoms with Crippen LogP contribution in [0.5, 0.6) is 5.75 Å². The van der Waals surface area contributed by atoms with E-state index in [4.69, 9.17) is 17.0 Å². The number of nitrogens with zero attached hydrogens (tertiary/aromatic N) is 2. The van der Waals surface area contributed by atoms with Crippen LogP contribution in [-0.4, -0.2) is 22.2 Å². The van der Waals surface area contributed by atoms with Crippen LogP contribution >= 0.6 is 12.2 Å². The molecule has 2 N–H and O–H groups in total. The van der Waals surface area contributed by atoms with Crippen LogP contribution in [0.4, 0.5) is 5.69 Å². The fourth-order valence-corrected chi connectivity index (χ4v) is 3.75. The average molecular weight is 364 g/mol. The number of aromatic nitrogens is 2. The molecule has 4 rings (SSSR count). The zero-order valence-corrected chi connectivity index (χ0v) is 15.5. The van der Waals surface area contributed by atoms with E-state index in [1.165, 1.54) is 0 Å². The van der Waals surface area contributed by atoms with Crippen molar-refractivity contribution >= 4 is 23.0 Å². The Morgan fingerprint density at radius 3 is 2.69 bits per heavy atom. The summed E-state index contributed by atoms with van der Waals surface area (Å²) >= 11 is 5.70. The highest BCUT2D eigenvalue weighted by Gasteiger charge is 2.41. The fraction of sp³-hybridized carbons (Fsp3) is 0.200. The monoisotopic (exact) mass is 364 g/mol. The lowest BCUT2D eigenvalue weighted by molar-refractivity contribution is 0.414. The number of pyridine rings is 1. The summed E-state index contributed by atoms with van der Waals surface area (Å²) < 4.78 is 5.40. The maximum atomic E-state index is 5.70. The van der Waals surface area contributed by atoms with E-state index in [2.05, 4.69) is 39.2 Å². The summed E-state index contributed by atoms with van der Waals surface area (Å²) in [4.78, 5) is 10.1. The molecule has 1 aliphatic heterocycles. The molecule has 6 heteroatoms. The molecule has 1 aromatic carbocycles. The second-order valence-corrected chi connectivity index (χ2v) is 6.68. The molecule has 0 saturated carbocycles. The van der Waals surface area contributed by atoms with Crippen molar-refractivity contribution < 1.29 is 4.74 Å². The number of thiocarbonyl (C=S) groups is 1. The van der Waals surface area contributed by atoms with E-state index in [1.54, 1.807) is 7.11 Å². The van der Waals surface area contributed by atoms with E-state index in [-0.39, 0.29) is 12.1 Å². The largest absolute Gasteiger partial charge is 0.497 e. The van der Waals surface area contributed by atoms with Gasteiger partial charge in [0.2, 0.25) is 0 Å². The Hall–Kier alpha value is -2.86. The zero-order chi connectivity index (χ0) is 18.1. The molecule has 0 aliphatic carbocycles. The SMILES string of the molecule is COc1cccc(N2C(=S)N[C@H](c3ccccn3)[C@H]2c2ccc(C)[nH]2)c1. The van der Waals surface area contributed by atoms with Crippen LogP contribution < -0.4 is 15.0 Å². The Bertz CT molecular complexity index is 924. The summed E-state index contributed by atoms with van der Waals surface area (Å²) in [6.07, 6.45) is 1.81. The van der Waals surface area contributed by atoms with E-state index < -0.39 is 0 Å². The van der Waals surface area contributed by atoms with Gasteiger partial charge in [0.25, 0.3) is 0 Å². The highest BCUT2D eigenvalue weighted by Crippen LogP contribution is 2.41. The molecule has 0 unspecified atom stereocenters. The number of hydrogen-bond acceptors (Lipinski definition) is 3. The standard InChI is InChI=1S/C20H20N4OS/c1-13-9-10-17(22-13)19-18(16-8-3-4-11-21-16)23-20(26)24(19)14-6-5-7-15(12-14)25-2/h3-12,18-19,22H,1-2H3,(H,23,26)/t18-,19-/m1/s1. The van der Waals surface area contributed by atoms with Crippen LogP contribution in [0, 0.1) is 6.92 Å². The molecule has 2 atom stereocenters. The van der Waals surface area contributed by atoms with Gasteiger partial charge in [0, 0.05) is 29.3 Å². The van der Waals surface area contributed by atoms with Crippen molar-refractivity contribution in [2.45, 2.75) is 19.0 Å². The number of benzene rings is 1. The van der Waals surface area contributed by atoms with E-state index in [1.807, 2.05) is 48.7 Å². The van der Waals surface area contributed by atoms with Crippen LogP contribution in [0.15, 0.2) is 60.8 Å². The van der Waals surface area contributed by atoms with Crippen molar-refractivity contribution in [3.63, 3.8) is 0 Å². The number of aromatic amines is 1. The first-order chi connectivity index (χ1) is 12.7. The molecule has 0 amide bonds. The maximum Gasteiger partial charge on any atom is 0.174 e. The minimum absolute atomic E-state index is 0.0294. The first-order valence-electron chi connectivity index (χ1n) is 8.47. The van der Waals surface area contributed by atoms with Crippen molar-refractivity contribution in [3.8, 4) is 5.75 Å². The van der Waals surface area contributed by atoms with Gasteiger partial charge in [-0.3, -0.25) is 4.98 Å². The second kappa shape index (κ2) is 6.80. The van der Waals surface area contributed by atoms with Crippen molar-refractivity contribution in [1.82, 2.24) is 15.3 Å². The third-order valence-corrected chi connectivity index (χ3v) is 4.92. The lowest BCUT2D eigenvalue weighted by Gasteiger charge is -2.27. The molecular formula is C20H20N4OS. The van der Waals surface area contributed by atoms with Crippen molar-refractivity contribution in [2.75, 3.05) is 12.0 Å². The Morgan fingerprint density at radius 1 is 1.12 bits per heavy atom. The first-order valence-corrected chi connectivity index (χ1v) is 8.88. The van der Waals surface area contributed by atoms with Gasteiger partial charge in [-0.05, 0) is 55.5 Å². The van der Waals surface area contributed by atoms with Gasteiger partial charge in [-0.15, -0.1) is 0 Å². The number of ether oxygens (including phenoxy) is 1. The lowest BCUT2D eigenvalue weighted by Crippen LogP contribution is -2.29.